The predicted molar refractivity (Wildman–Crippen MR) is 63.7 cm³/mol. The van der Waals surface area contributed by atoms with Crippen LogP contribution in [0.1, 0.15) is 19.3 Å². The molecule has 0 aromatic heterocycles. The van der Waals surface area contributed by atoms with Crippen LogP contribution in [0.2, 0.25) is 0 Å². The fourth-order valence-corrected chi connectivity index (χ4v) is 3.02. The third-order valence-electron chi connectivity index (χ3n) is 3.28. The minimum absolute atomic E-state index is 0.823. The van der Waals surface area contributed by atoms with E-state index in [1.807, 2.05) is 0 Å². The van der Waals surface area contributed by atoms with Crippen molar-refractivity contribution >= 4 is 15.9 Å². The third kappa shape index (κ3) is 2.59. The molecular formula is C11H19BrN2. The first-order chi connectivity index (χ1) is 6.75. The van der Waals surface area contributed by atoms with Gasteiger partial charge in [-0.15, -0.1) is 0 Å². The van der Waals surface area contributed by atoms with Crippen molar-refractivity contribution in [1.82, 2.24) is 9.80 Å². The summed E-state index contributed by atoms with van der Waals surface area (Å²) in [6.45, 7) is 10.0. The first-order valence-corrected chi connectivity index (χ1v) is 6.34. The van der Waals surface area contributed by atoms with Crippen LogP contribution in [0.5, 0.6) is 0 Å². The Balaban J connectivity index is 1.91. The molecule has 0 N–H and O–H groups in total. The first kappa shape index (κ1) is 10.7. The van der Waals surface area contributed by atoms with Crippen molar-refractivity contribution in [2.75, 3.05) is 32.7 Å². The summed E-state index contributed by atoms with van der Waals surface area (Å²) in [5.41, 5.74) is 0. The molecule has 2 fully saturated rings. The second-order valence-corrected chi connectivity index (χ2v) is 5.56. The minimum atomic E-state index is 0.823. The molecule has 0 radical (unpaired) electrons. The van der Waals surface area contributed by atoms with Gasteiger partial charge in [0.1, 0.15) is 0 Å². The van der Waals surface area contributed by atoms with Crippen LogP contribution in [0.25, 0.3) is 0 Å². The normalized spacial score (nSPS) is 29.9. The molecule has 0 spiro atoms. The second-order valence-electron chi connectivity index (χ2n) is 4.44. The van der Waals surface area contributed by atoms with Crippen molar-refractivity contribution in [1.29, 1.82) is 0 Å². The highest BCUT2D eigenvalue weighted by Crippen LogP contribution is 2.21. The van der Waals surface area contributed by atoms with Gasteiger partial charge in [0.15, 0.2) is 0 Å². The van der Waals surface area contributed by atoms with Crippen LogP contribution in [-0.2, 0) is 0 Å². The summed E-state index contributed by atoms with van der Waals surface area (Å²) < 4.78 is 1.11. The summed E-state index contributed by atoms with van der Waals surface area (Å²) in [5, 5.41) is 0. The molecule has 1 unspecified atom stereocenters. The molecular weight excluding hydrogens is 240 g/mol. The van der Waals surface area contributed by atoms with E-state index in [-0.39, 0.29) is 0 Å². The average molecular weight is 259 g/mol. The average Bonchev–Trinajstić information content (AvgIpc) is 2.44. The summed E-state index contributed by atoms with van der Waals surface area (Å²) in [7, 11) is 0. The van der Waals surface area contributed by atoms with Crippen molar-refractivity contribution in [3.05, 3.63) is 11.1 Å². The molecule has 14 heavy (non-hydrogen) atoms. The second kappa shape index (κ2) is 4.77. The maximum atomic E-state index is 3.93. The Morgan fingerprint density at radius 1 is 1.29 bits per heavy atom. The van der Waals surface area contributed by atoms with Gasteiger partial charge in [-0.1, -0.05) is 22.5 Å². The van der Waals surface area contributed by atoms with Gasteiger partial charge < -0.3 is 0 Å². The van der Waals surface area contributed by atoms with E-state index in [2.05, 4.69) is 32.3 Å². The Bertz CT molecular complexity index is 217. The smallest absolute Gasteiger partial charge is 0.0294 e. The maximum Gasteiger partial charge on any atom is 0.0294 e. The molecule has 0 aliphatic carbocycles. The van der Waals surface area contributed by atoms with Gasteiger partial charge in [0, 0.05) is 23.6 Å². The van der Waals surface area contributed by atoms with E-state index >= 15 is 0 Å². The Morgan fingerprint density at radius 2 is 2.07 bits per heavy atom. The zero-order chi connectivity index (χ0) is 9.97. The van der Waals surface area contributed by atoms with Crippen molar-refractivity contribution < 1.29 is 0 Å². The monoisotopic (exact) mass is 258 g/mol. The zero-order valence-corrected chi connectivity index (χ0v) is 10.3. The van der Waals surface area contributed by atoms with Crippen molar-refractivity contribution in [3.8, 4) is 0 Å². The molecule has 2 heterocycles. The van der Waals surface area contributed by atoms with Crippen LogP contribution < -0.4 is 0 Å². The standard InChI is InChI=1S/C11H19BrN2/c1-10(12)8-13-5-3-7-14-6-2-4-11(14)9-13/h11H,1-9H2. The lowest BCUT2D eigenvalue weighted by Crippen LogP contribution is -2.36. The van der Waals surface area contributed by atoms with E-state index in [0.717, 1.165) is 17.1 Å². The lowest BCUT2D eigenvalue weighted by atomic mass is 10.2. The van der Waals surface area contributed by atoms with Crippen molar-refractivity contribution in [2.45, 2.75) is 25.3 Å². The van der Waals surface area contributed by atoms with Gasteiger partial charge in [0.05, 0.1) is 0 Å². The number of fused-ring (bicyclic) bond motifs is 1. The summed E-state index contributed by atoms with van der Waals surface area (Å²) in [6.07, 6.45) is 4.11. The minimum Gasteiger partial charge on any atom is -0.299 e. The first-order valence-electron chi connectivity index (χ1n) is 5.55. The molecule has 2 rings (SSSR count). The van der Waals surface area contributed by atoms with Crippen LogP contribution >= 0.6 is 15.9 Å². The van der Waals surface area contributed by atoms with Crippen molar-refractivity contribution in [3.63, 3.8) is 0 Å². The summed E-state index contributed by atoms with van der Waals surface area (Å²) in [5.74, 6) is 0. The van der Waals surface area contributed by atoms with Crippen molar-refractivity contribution in [2.24, 2.45) is 0 Å². The molecule has 80 valence electrons. The highest BCUT2D eigenvalue weighted by molar-refractivity contribution is 9.11. The Morgan fingerprint density at radius 3 is 2.86 bits per heavy atom. The zero-order valence-electron chi connectivity index (χ0n) is 8.71. The number of hydrogen-bond donors (Lipinski definition) is 0. The van der Waals surface area contributed by atoms with E-state index in [1.165, 1.54) is 45.4 Å². The number of rotatable bonds is 2. The van der Waals surface area contributed by atoms with Crippen LogP contribution in [0.3, 0.4) is 0 Å². The summed E-state index contributed by atoms with van der Waals surface area (Å²) >= 11 is 3.46. The number of halogens is 1. The molecule has 2 saturated heterocycles. The molecule has 2 nitrogen and oxygen atoms in total. The molecule has 1 atom stereocenters. The van der Waals surface area contributed by atoms with Gasteiger partial charge in [-0.2, -0.15) is 0 Å². The SMILES string of the molecule is C=C(Br)CN1CCCN2CCCC2C1. The quantitative estimate of drug-likeness (QED) is 0.749. The van der Waals surface area contributed by atoms with Crippen LogP contribution in [0.15, 0.2) is 11.1 Å². The Labute approximate surface area is 95.1 Å². The largest absolute Gasteiger partial charge is 0.299 e. The van der Waals surface area contributed by atoms with Gasteiger partial charge in [-0.25, -0.2) is 0 Å². The van der Waals surface area contributed by atoms with Gasteiger partial charge in [0.2, 0.25) is 0 Å². The van der Waals surface area contributed by atoms with Gasteiger partial charge in [-0.05, 0) is 38.9 Å². The Hall–Kier alpha value is 0.140. The Kier molecular flexibility index (Phi) is 3.63. The van der Waals surface area contributed by atoms with Gasteiger partial charge >= 0.3 is 0 Å². The summed E-state index contributed by atoms with van der Waals surface area (Å²) in [4.78, 5) is 5.20. The molecule has 2 aliphatic rings. The predicted octanol–water partition coefficient (Wildman–Crippen LogP) is 2.07. The van der Waals surface area contributed by atoms with E-state index < -0.39 is 0 Å². The topological polar surface area (TPSA) is 6.48 Å². The van der Waals surface area contributed by atoms with E-state index in [0.29, 0.717) is 0 Å². The number of nitrogens with zero attached hydrogens (tertiary/aromatic N) is 2. The molecule has 0 aromatic carbocycles. The summed E-state index contributed by atoms with van der Waals surface area (Å²) in [6, 6.07) is 0.823. The molecule has 0 bridgehead atoms. The highest BCUT2D eigenvalue weighted by atomic mass is 79.9. The van der Waals surface area contributed by atoms with Crippen LogP contribution in [0, 0.1) is 0 Å². The molecule has 0 aromatic rings. The lowest BCUT2D eigenvalue weighted by Gasteiger charge is -2.25. The number of hydrogen-bond acceptors (Lipinski definition) is 2. The highest BCUT2D eigenvalue weighted by Gasteiger charge is 2.28. The molecule has 0 saturated carbocycles. The van der Waals surface area contributed by atoms with Crippen LogP contribution in [0.4, 0.5) is 0 Å². The third-order valence-corrected chi connectivity index (χ3v) is 3.53. The fraction of sp³-hybridized carbons (Fsp3) is 0.818. The molecule has 0 amide bonds. The maximum absolute atomic E-state index is 3.93. The molecule has 3 heteroatoms. The van der Waals surface area contributed by atoms with Gasteiger partial charge in [-0.3, -0.25) is 9.80 Å². The van der Waals surface area contributed by atoms with E-state index in [1.54, 1.807) is 0 Å². The fourth-order valence-electron chi connectivity index (χ4n) is 2.67. The van der Waals surface area contributed by atoms with Gasteiger partial charge in [0.25, 0.3) is 0 Å². The van der Waals surface area contributed by atoms with Crippen LogP contribution in [-0.4, -0.2) is 48.6 Å². The lowest BCUT2D eigenvalue weighted by molar-refractivity contribution is 0.231. The molecule has 2 aliphatic heterocycles. The van der Waals surface area contributed by atoms with E-state index in [9.17, 15) is 0 Å². The van der Waals surface area contributed by atoms with E-state index in [4.69, 9.17) is 0 Å².